The number of carboxylic acids is 1. The number of benzene rings is 2. The first kappa shape index (κ1) is 21.9. The smallest absolute Gasteiger partial charge is 0.307 e. The maximum Gasteiger partial charge on any atom is 0.307 e. The zero-order valence-corrected chi connectivity index (χ0v) is 19.8. The lowest BCUT2D eigenvalue weighted by Crippen LogP contribution is -2.11. The monoisotopic (exact) mass is 473 g/mol. The Hall–Kier alpha value is -3.91. The number of carboxylic acid groups (broad SMARTS) is 1. The van der Waals surface area contributed by atoms with Crippen LogP contribution in [0, 0.1) is 0 Å². The van der Waals surface area contributed by atoms with Gasteiger partial charge >= 0.3 is 5.97 Å². The molecule has 34 heavy (non-hydrogen) atoms. The van der Waals surface area contributed by atoms with Crippen molar-refractivity contribution in [3.63, 3.8) is 0 Å². The number of aromatic nitrogens is 2. The molecule has 0 radical (unpaired) electrons. The summed E-state index contributed by atoms with van der Waals surface area (Å²) in [4.78, 5) is 29.5. The lowest BCUT2D eigenvalue weighted by Gasteiger charge is -2.13. The minimum Gasteiger partial charge on any atom is -0.481 e. The van der Waals surface area contributed by atoms with Crippen LogP contribution in [0.4, 0.5) is 5.69 Å². The van der Waals surface area contributed by atoms with Gasteiger partial charge in [0.1, 0.15) is 5.58 Å². The molecule has 8 heteroatoms. The Labute approximate surface area is 199 Å². The quantitative estimate of drug-likeness (QED) is 0.324. The van der Waals surface area contributed by atoms with E-state index < -0.39 is 5.97 Å². The lowest BCUT2D eigenvalue weighted by atomic mass is 9.93. The molecule has 0 bridgehead atoms. The number of fused-ring (bicyclic) bond motifs is 2. The van der Waals surface area contributed by atoms with Crippen LogP contribution in [0.2, 0.25) is 0 Å². The van der Waals surface area contributed by atoms with Gasteiger partial charge in [0.2, 0.25) is 0 Å². The molecule has 0 unspecified atom stereocenters. The molecule has 0 aliphatic heterocycles. The summed E-state index contributed by atoms with van der Waals surface area (Å²) >= 11 is 1.53. The van der Waals surface area contributed by atoms with Gasteiger partial charge in [-0.15, -0.1) is 11.3 Å². The van der Waals surface area contributed by atoms with Crippen molar-refractivity contribution in [1.82, 2.24) is 9.55 Å². The summed E-state index contributed by atoms with van der Waals surface area (Å²) in [5.74, 6) is -0.580. The topological polar surface area (TPSA) is 111 Å². The van der Waals surface area contributed by atoms with Crippen molar-refractivity contribution in [2.24, 2.45) is 0 Å². The van der Waals surface area contributed by atoms with Crippen molar-refractivity contribution in [2.75, 3.05) is 5.73 Å². The van der Waals surface area contributed by atoms with Gasteiger partial charge in [-0.1, -0.05) is 20.8 Å². The summed E-state index contributed by atoms with van der Waals surface area (Å²) in [6.45, 7) is 6.34. The molecule has 0 saturated heterocycles. The molecular formula is C26H23N3O4S. The molecule has 0 aliphatic rings. The number of aliphatic carboxylic acids is 1. The largest absolute Gasteiger partial charge is 0.481 e. The zero-order chi connectivity index (χ0) is 24.2. The summed E-state index contributed by atoms with van der Waals surface area (Å²) in [7, 11) is 0. The molecule has 0 amide bonds. The molecule has 3 N–H and O–H groups in total. The van der Waals surface area contributed by atoms with Crippen LogP contribution in [0.25, 0.3) is 32.6 Å². The highest BCUT2D eigenvalue weighted by Gasteiger charge is 2.21. The van der Waals surface area contributed by atoms with E-state index in [9.17, 15) is 14.7 Å². The van der Waals surface area contributed by atoms with Crippen LogP contribution in [-0.4, -0.2) is 26.5 Å². The second kappa shape index (κ2) is 7.85. The van der Waals surface area contributed by atoms with E-state index >= 15 is 0 Å². The number of carbonyl (C=O) groups excluding carboxylic acids is 1. The third-order valence-electron chi connectivity index (χ3n) is 5.72. The Morgan fingerprint density at radius 3 is 2.65 bits per heavy atom. The van der Waals surface area contributed by atoms with Crippen LogP contribution in [0.3, 0.4) is 0 Å². The van der Waals surface area contributed by atoms with Gasteiger partial charge in [0.25, 0.3) is 5.91 Å². The summed E-state index contributed by atoms with van der Waals surface area (Å²) in [6, 6.07) is 12.3. The molecule has 5 aromatic rings. The fourth-order valence-corrected chi connectivity index (χ4v) is 4.94. The number of nitrogens with zero attached hydrogens (tertiary/aromatic N) is 2. The van der Waals surface area contributed by atoms with Crippen molar-refractivity contribution in [2.45, 2.75) is 32.6 Å². The normalized spacial score (nSPS) is 12.0. The first-order valence-electron chi connectivity index (χ1n) is 10.8. The van der Waals surface area contributed by atoms with Gasteiger partial charge in [-0.05, 0) is 48.0 Å². The molecule has 2 aromatic carbocycles. The molecule has 172 valence electrons. The van der Waals surface area contributed by atoms with Crippen molar-refractivity contribution < 1.29 is 19.1 Å². The molecule has 0 atom stereocenters. The van der Waals surface area contributed by atoms with Gasteiger partial charge < -0.3 is 15.3 Å². The highest BCUT2D eigenvalue weighted by Crippen LogP contribution is 2.34. The van der Waals surface area contributed by atoms with Crippen LogP contribution in [-0.2, 0) is 16.6 Å². The Morgan fingerprint density at radius 2 is 1.94 bits per heavy atom. The number of hydrogen-bond donors (Lipinski definition) is 2. The Balaban J connectivity index is 1.54. The molecule has 0 spiro atoms. The molecule has 3 heterocycles. The van der Waals surface area contributed by atoms with E-state index in [1.54, 1.807) is 42.6 Å². The highest BCUT2D eigenvalue weighted by atomic mass is 32.1. The minimum absolute atomic E-state index is 0.0515. The van der Waals surface area contributed by atoms with E-state index in [1.807, 2.05) is 11.4 Å². The number of hydrogen-bond acceptors (Lipinski definition) is 6. The maximum absolute atomic E-state index is 13.4. The van der Waals surface area contributed by atoms with E-state index in [2.05, 4.69) is 20.8 Å². The van der Waals surface area contributed by atoms with Crippen LogP contribution in [0.1, 0.15) is 42.4 Å². The predicted molar refractivity (Wildman–Crippen MR) is 133 cm³/mol. The molecule has 7 nitrogen and oxygen atoms in total. The lowest BCUT2D eigenvalue weighted by molar-refractivity contribution is -0.136. The highest BCUT2D eigenvalue weighted by molar-refractivity contribution is 7.13. The second-order valence-corrected chi connectivity index (χ2v) is 10.2. The number of thiazole rings is 1. The summed E-state index contributed by atoms with van der Waals surface area (Å²) in [6.07, 6.45) is 1.38. The Morgan fingerprint density at radius 1 is 1.15 bits per heavy atom. The number of anilines is 1. The fourth-order valence-electron chi connectivity index (χ4n) is 3.94. The summed E-state index contributed by atoms with van der Waals surface area (Å²) in [5, 5.41) is 13.6. The van der Waals surface area contributed by atoms with Gasteiger partial charge in [-0.2, -0.15) is 0 Å². The third-order valence-corrected chi connectivity index (χ3v) is 6.57. The number of rotatable bonds is 4. The van der Waals surface area contributed by atoms with Gasteiger partial charge in [0.15, 0.2) is 10.8 Å². The predicted octanol–water partition coefficient (Wildman–Crippen LogP) is 5.71. The number of nitrogens with two attached hydrogens (primary N) is 1. The molecule has 0 saturated carbocycles. The van der Waals surface area contributed by atoms with E-state index in [-0.39, 0.29) is 17.7 Å². The Kier molecular flexibility index (Phi) is 5.06. The standard InChI is InChI=1S/C26H23N3O4S/c1-26(2,3)22-13-34-24(28-22)21-9-15-8-14(4-7-20(15)33-21)25(32)29-12-16(10-23(30)31)18-11-17(27)5-6-19(18)29/h4-9,11-13H,10,27H2,1-3H3,(H,30,31). The summed E-state index contributed by atoms with van der Waals surface area (Å²) < 4.78 is 7.48. The van der Waals surface area contributed by atoms with Gasteiger partial charge in [-0.25, -0.2) is 4.98 Å². The first-order valence-corrected chi connectivity index (χ1v) is 11.6. The number of nitrogen functional groups attached to an aromatic ring is 1. The van der Waals surface area contributed by atoms with E-state index in [1.165, 1.54) is 15.9 Å². The van der Waals surface area contributed by atoms with Crippen molar-refractivity contribution in [3.05, 3.63) is 70.9 Å². The van der Waals surface area contributed by atoms with E-state index in [4.69, 9.17) is 15.1 Å². The average molecular weight is 474 g/mol. The number of carbonyl (C=O) groups is 2. The average Bonchev–Trinajstić information content (AvgIpc) is 3.49. The van der Waals surface area contributed by atoms with E-state index in [0.717, 1.165) is 16.1 Å². The van der Waals surface area contributed by atoms with Gasteiger partial charge in [0, 0.05) is 39.0 Å². The first-order chi connectivity index (χ1) is 16.1. The summed E-state index contributed by atoms with van der Waals surface area (Å²) in [5.41, 5.74) is 9.63. The van der Waals surface area contributed by atoms with Gasteiger partial charge in [-0.3, -0.25) is 14.2 Å². The molecular weight excluding hydrogens is 450 g/mol. The Bertz CT molecular complexity index is 1580. The van der Waals surface area contributed by atoms with Crippen molar-refractivity contribution in [3.8, 4) is 10.8 Å². The van der Waals surface area contributed by atoms with Crippen molar-refractivity contribution >= 4 is 50.8 Å². The molecule has 5 rings (SSSR count). The number of furan rings is 1. The van der Waals surface area contributed by atoms with Gasteiger partial charge in [0.05, 0.1) is 17.6 Å². The molecule has 0 fully saturated rings. The maximum atomic E-state index is 13.4. The minimum atomic E-state index is -0.974. The SMILES string of the molecule is CC(C)(C)c1csc(-c2cc3cc(C(=O)n4cc(CC(=O)O)c5cc(N)ccc54)ccc3o2)n1. The van der Waals surface area contributed by atoms with Crippen LogP contribution in [0.5, 0.6) is 0 Å². The molecule has 0 aliphatic carbocycles. The molecule has 3 aromatic heterocycles. The van der Waals surface area contributed by atoms with Crippen LogP contribution in [0.15, 0.2) is 58.5 Å². The fraction of sp³-hybridized carbons (Fsp3) is 0.192. The van der Waals surface area contributed by atoms with E-state index in [0.29, 0.717) is 39.1 Å². The van der Waals surface area contributed by atoms with Crippen LogP contribution < -0.4 is 5.73 Å². The van der Waals surface area contributed by atoms with Crippen molar-refractivity contribution in [1.29, 1.82) is 0 Å². The second-order valence-electron chi connectivity index (χ2n) is 9.33. The third kappa shape index (κ3) is 3.86. The zero-order valence-electron chi connectivity index (χ0n) is 19.0. The van der Waals surface area contributed by atoms with Crippen LogP contribution >= 0.6 is 11.3 Å².